The molecule has 0 aliphatic rings. The fourth-order valence-electron chi connectivity index (χ4n) is 10.6. The van der Waals surface area contributed by atoms with E-state index in [4.69, 9.17) is 28.2 Å². The molecular weight excluding hydrogens is 861 g/mol. The van der Waals surface area contributed by atoms with Crippen LogP contribution in [0.25, 0.3) is 150 Å². The summed E-state index contributed by atoms with van der Waals surface area (Å²) in [6.45, 7) is 0. The number of rotatable bonds is 6. The van der Waals surface area contributed by atoms with Gasteiger partial charge in [-0.2, -0.15) is 0 Å². The molecule has 0 amide bonds. The summed E-state index contributed by atoms with van der Waals surface area (Å²) in [5.41, 5.74) is 15.3. The quantitative estimate of drug-likeness (QED) is 0.165. The first-order valence-electron chi connectivity index (χ1n) is 23.4. The van der Waals surface area contributed by atoms with Gasteiger partial charge in [-0.25, -0.2) is 15.0 Å². The molecule has 0 saturated heterocycles. The van der Waals surface area contributed by atoms with Gasteiger partial charge in [-0.05, 0) is 113 Å². The zero-order valence-electron chi connectivity index (χ0n) is 37.3. The summed E-state index contributed by atoms with van der Waals surface area (Å²) in [6.07, 6.45) is 0. The van der Waals surface area contributed by atoms with Crippen LogP contribution in [0.1, 0.15) is 0 Å². The third kappa shape index (κ3) is 5.91. The van der Waals surface area contributed by atoms with Crippen molar-refractivity contribution in [1.29, 1.82) is 0 Å². The van der Waals surface area contributed by atoms with Crippen LogP contribution in [0, 0.1) is 0 Å². The molecule has 5 heterocycles. The van der Waals surface area contributed by atoms with Crippen molar-refractivity contribution in [2.24, 2.45) is 0 Å². The highest BCUT2D eigenvalue weighted by Crippen LogP contribution is 2.43. The van der Waals surface area contributed by atoms with Gasteiger partial charge >= 0.3 is 0 Å². The van der Waals surface area contributed by atoms with Gasteiger partial charge < -0.3 is 17.8 Å². The zero-order valence-corrected chi connectivity index (χ0v) is 37.3. The summed E-state index contributed by atoms with van der Waals surface area (Å²) in [7, 11) is 0. The summed E-state index contributed by atoms with van der Waals surface area (Å²) < 4.78 is 21.7. The maximum atomic E-state index is 6.61. The highest BCUT2D eigenvalue weighted by Gasteiger charge is 2.21. The second kappa shape index (κ2) is 15.0. The van der Waals surface area contributed by atoms with Crippen molar-refractivity contribution >= 4 is 87.6 Å². The molecule has 0 N–H and O–H groups in total. The summed E-state index contributed by atoms with van der Waals surface area (Å²) >= 11 is 0. The normalized spacial score (nSPS) is 12.0. The van der Waals surface area contributed by atoms with Crippen molar-refractivity contribution in [1.82, 2.24) is 19.5 Å². The summed E-state index contributed by atoms with van der Waals surface area (Å²) in [6, 6.07) is 75.8. The van der Waals surface area contributed by atoms with Crippen molar-refractivity contribution < 1.29 is 13.3 Å². The molecule has 15 aromatic rings. The van der Waals surface area contributed by atoms with Gasteiger partial charge in [0.25, 0.3) is 0 Å². The first-order valence-corrected chi connectivity index (χ1v) is 23.4. The van der Waals surface area contributed by atoms with Crippen LogP contribution in [0.15, 0.2) is 232 Å². The number of benzene rings is 10. The Kier molecular flexibility index (Phi) is 8.23. The molecule has 0 radical (unpaired) electrons. The standard InChI is InChI=1S/C63H36N4O3/c1-3-13-37(14-4-1)61-64-62(41-28-32-54-48(36-41)45-18-8-10-22-53(45)68-54)66-63(65-61)46-20-12-24-58-60(46)50-35-40(27-31-56(50)70-58)43-19-11-23-57-59(43)49-34-39(26-30-55(49)69-57)38-25-29-52-47(33-38)44-17-7-9-21-51(44)67(52)42-15-5-2-6-16-42/h1-36H. The van der Waals surface area contributed by atoms with Crippen LogP contribution in [-0.4, -0.2) is 19.5 Å². The summed E-state index contributed by atoms with van der Waals surface area (Å²) in [5, 5.41) is 8.50. The fraction of sp³-hybridized carbons (Fsp3) is 0. The van der Waals surface area contributed by atoms with Crippen LogP contribution in [-0.2, 0) is 0 Å². The molecular formula is C63H36N4O3. The lowest BCUT2D eigenvalue weighted by molar-refractivity contribution is 0.668. The molecule has 0 fully saturated rings. The third-order valence-electron chi connectivity index (χ3n) is 13.9. The average molecular weight is 897 g/mol. The third-order valence-corrected chi connectivity index (χ3v) is 13.9. The molecule has 7 nitrogen and oxygen atoms in total. The van der Waals surface area contributed by atoms with Crippen molar-refractivity contribution in [3.8, 4) is 62.1 Å². The molecule has 326 valence electrons. The van der Waals surface area contributed by atoms with Gasteiger partial charge in [0.1, 0.15) is 33.5 Å². The lowest BCUT2D eigenvalue weighted by Gasteiger charge is -2.10. The SMILES string of the molecule is c1ccc(-c2nc(-c3ccc4oc5ccccc5c4c3)nc(-c3cccc4oc5ccc(-c6cccc7oc8ccc(-c9ccc%10c(c9)c9ccccc9n%10-c9ccccc9)cc8c67)cc5c34)n2)cc1. The Morgan fingerprint density at radius 1 is 0.271 bits per heavy atom. The number of aromatic nitrogens is 4. The van der Waals surface area contributed by atoms with Crippen LogP contribution < -0.4 is 0 Å². The van der Waals surface area contributed by atoms with E-state index in [1.807, 2.05) is 72.8 Å². The highest BCUT2D eigenvalue weighted by molar-refractivity contribution is 6.17. The topological polar surface area (TPSA) is 83.0 Å². The highest BCUT2D eigenvalue weighted by atomic mass is 16.3. The number of para-hydroxylation sites is 3. The number of nitrogens with zero attached hydrogens (tertiary/aromatic N) is 4. The van der Waals surface area contributed by atoms with E-state index in [0.717, 1.165) is 110 Å². The molecule has 70 heavy (non-hydrogen) atoms. The fourth-order valence-corrected chi connectivity index (χ4v) is 10.6. The summed E-state index contributed by atoms with van der Waals surface area (Å²) in [4.78, 5) is 15.5. The van der Waals surface area contributed by atoms with Crippen molar-refractivity contribution in [3.05, 3.63) is 218 Å². The monoisotopic (exact) mass is 896 g/mol. The number of furan rings is 3. The minimum absolute atomic E-state index is 0.554. The Morgan fingerprint density at radius 2 is 0.757 bits per heavy atom. The Hall–Kier alpha value is -9.59. The molecule has 10 aromatic carbocycles. The maximum Gasteiger partial charge on any atom is 0.164 e. The molecule has 15 rings (SSSR count). The molecule has 7 heteroatoms. The minimum Gasteiger partial charge on any atom is -0.456 e. The van der Waals surface area contributed by atoms with Crippen LogP contribution in [0.4, 0.5) is 0 Å². The van der Waals surface area contributed by atoms with E-state index in [1.54, 1.807) is 0 Å². The Bertz CT molecular complexity index is 4600. The second-order valence-electron chi connectivity index (χ2n) is 17.9. The lowest BCUT2D eigenvalue weighted by Crippen LogP contribution is -2.00. The lowest BCUT2D eigenvalue weighted by atomic mass is 9.95. The van der Waals surface area contributed by atoms with Gasteiger partial charge in [0.15, 0.2) is 17.5 Å². The number of hydrogen-bond donors (Lipinski definition) is 0. The van der Waals surface area contributed by atoms with Crippen LogP contribution >= 0.6 is 0 Å². The number of fused-ring (bicyclic) bond motifs is 12. The molecule has 0 atom stereocenters. The van der Waals surface area contributed by atoms with E-state index in [-0.39, 0.29) is 0 Å². The molecule has 0 aliphatic heterocycles. The Morgan fingerprint density at radius 3 is 1.53 bits per heavy atom. The van der Waals surface area contributed by atoms with Gasteiger partial charge in [0.2, 0.25) is 0 Å². The van der Waals surface area contributed by atoms with Crippen molar-refractivity contribution in [2.75, 3.05) is 0 Å². The largest absolute Gasteiger partial charge is 0.456 e. The first kappa shape index (κ1) is 38.5. The molecule has 0 bridgehead atoms. The molecule has 0 aliphatic carbocycles. The Balaban J connectivity index is 0.879. The van der Waals surface area contributed by atoms with E-state index in [0.29, 0.717) is 17.5 Å². The molecule has 0 unspecified atom stereocenters. The average Bonchev–Trinajstić information content (AvgIpc) is 4.19. The smallest absolute Gasteiger partial charge is 0.164 e. The van der Waals surface area contributed by atoms with Gasteiger partial charge in [-0.1, -0.05) is 127 Å². The van der Waals surface area contributed by atoms with Gasteiger partial charge in [0, 0.05) is 65.5 Å². The maximum absolute atomic E-state index is 6.61. The summed E-state index contributed by atoms with van der Waals surface area (Å²) in [5.74, 6) is 1.70. The van der Waals surface area contributed by atoms with Gasteiger partial charge in [0.05, 0.1) is 11.0 Å². The van der Waals surface area contributed by atoms with Crippen molar-refractivity contribution in [2.45, 2.75) is 0 Å². The first-order chi connectivity index (χ1) is 34.7. The van der Waals surface area contributed by atoms with E-state index in [2.05, 4.69) is 150 Å². The van der Waals surface area contributed by atoms with Crippen LogP contribution in [0.5, 0.6) is 0 Å². The van der Waals surface area contributed by atoms with Gasteiger partial charge in [-0.15, -0.1) is 0 Å². The second-order valence-corrected chi connectivity index (χ2v) is 17.9. The Labute approximate surface area is 399 Å². The van der Waals surface area contributed by atoms with E-state index >= 15 is 0 Å². The predicted octanol–water partition coefficient (Wildman–Crippen LogP) is 17.0. The van der Waals surface area contributed by atoms with Gasteiger partial charge in [-0.3, -0.25) is 0 Å². The molecule has 0 saturated carbocycles. The predicted molar refractivity (Wildman–Crippen MR) is 283 cm³/mol. The minimum atomic E-state index is 0.554. The van der Waals surface area contributed by atoms with Crippen LogP contribution in [0.2, 0.25) is 0 Å². The van der Waals surface area contributed by atoms with E-state index < -0.39 is 0 Å². The van der Waals surface area contributed by atoms with Crippen molar-refractivity contribution in [3.63, 3.8) is 0 Å². The van der Waals surface area contributed by atoms with E-state index in [9.17, 15) is 0 Å². The molecule has 5 aromatic heterocycles. The van der Waals surface area contributed by atoms with Crippen LogP contribution in [0.3, 0.4) is 0 Å². The molecule has 0 spiro atoms. The zero-order chi connectivity index (χ0) is 45.9. The van der Waals surface area contributed by atoms with E-state index in [1.165, 1.54) is 21.8 Å². The number of hydrogen-bond acceptors (Lipinski definition) is 6.